The van der Waals surface area contributed by atoms with Crippen LogP contribution in [0.4, 0.5) is 11.6 Å². The Morgan fingerprint density at radius 2 is 1.48 bits per heavy atom. The number of piperidine rings is 1. The Morgan fingerprint density at radius 1 is 0.889 bits per heavy atom. The van der Waals surface area contributed by atoms with E-state index in [1.807, 2.05) is 35.6 Å². The maximum atomic E-state index is 8.91. The summed E-state index contributed by atoms with van der Waals surface area (Å²) in [6, 6.07) is 14.0. The normalized spacial score (nSPS) is 10.3. The van der Waals surface area contributed by atoms with Gasteiger partial charge in [0.2, 0.25) is 5.88 Å². The van der Waals surface area contributed by atoms with Gasteiger partial charge in [-0.3, -0.25) is 0 Å². The average molecular weight is 727 g/mol. The highest BCUT2D eigenvalue weighted by Gasteiger charge is 2.18. The lowest BCUT2D eigenvalue weighted by molar-refractivity contribution is 0.110. The van der Waals surface area contributed by atoms with Crippen molar-refractivity contribution < 1.29 is 19.0 Å². The van der Waals surface area contributed by atoms with Crippen LogP contribution in [0.3, 0.4) is 0 Å². The zero-order valence-corrected chi connectivity index (χ0v) is 29.3. The van der Waals surface area contributed by atoms with Crippen LogP contribution in [-0.2, 0) is 6.54 Å². The van der Waals surface area contributed by atoms with Crippen LogP contribution in [0, 0.1) is 129 Å². The monoisotopic (exact) mass is 726 g/mol. The SMILES string of the molecule is C#CC#CC#CC#CC#CC#CC#CC#CC#CC#CC.CN1CCC(Oc2cccc(NCc3ccc4c(N)nccc4c3)n2)CC1.N=N/N=N/N=O.[HH].[HH].[HH].[HH].[HH].[HH].[HH].[HH].[HH].[HH]. The van der Waals surface area contributed by atoms with Crippen molar-refractivity contribution in [1.82, 2.24) is 14.9 Å². The molecule has 1 aliphatic heterocycles. The number of likely N-dealkylation sites (tertiary alicyclic amines) is 1. The number of nitrogen functional groups attached to an aromatic ring is 1. The molecule has 4 N–H and O–H groups in total. The second-order valence-corrected chi connectivity index (χ2v) is 9.97. The van der Waals surface area contributed by atoms with Crippen molar-refractivity contribution in [3.63, 3.8) is 0 Å². The van der Waals surface area contributed by atoms with Crippen LogP contribution in [0.5, 0.6) is 5.88 Å². The number of benzene rings is 1. The Hall–Kier alpha value is -8.46. The van der Waals surface area contributed by atoms with Crippen molar-refractivity contribution in [2.45, 2.75) is 32.4 Å². The fraction of sp³-hybridized carbons (Fsp3) is 0.190. The smallest absolute Gasteiger partial charge is 0.215 e. The molecule has 3 heterocycles. The molecule has 0 saturated carbocycles. The number of nitrogens with two attached hydrogens (primary N) is 1. The van der Waals surface area contributed by atoms with Crippen molar-refractivity contribution in [3.05, 3.63) is 59.1 Å². The minimum absolute atomic E-state index is 0. The van der Waals surface area contributed by atoms with Gasteiger partial charge >= 0.3 is 0 Å². The summed E-state index contributed by atoms with van der Waals surface area (Å²) in [5, 5.41) is 14.7. The third kappa shape index (κ3) is 18.9. The van der Waals surface area contributed by atoms with Gasteiger partial charge in [-0.25, -0.2) is 4.98 Å². The van der Waals surface area contributed by atoms with Gasteiger partial charge in [-0.15, -0.1) is 11.3 Å². The first-order valence-electron chi connectivity index (χ1n) is 15.7. The Bertz CT molecular complexity index is 2470. The first kappa shape index (κ1) is 41.7. The predicted molar refractivity (Wildman–Crippen MR) is 230 cm³/mol. The largest absolute Gasteiger partial charge is 0.474 e. The molecule has 2 aromatic heterocycles. The van der Waals surface area contributed by atoms with E-state index in [1.165, 1.54) is 0 Å². The number of hydrogen-bond donors (Lipinski definition) is 3. The highest BCUT2D eigenvalue weighted by Crippen LogP contribution is 2.22. The number of hydrogen-bond acceptors (Lipinski definition) is 8. The Labute approximate surface area is 330 Å². The summed E-state index contributed by atoms with van der Waals surface area (Å²) in [4.78, 5) is 20.0. The van der Waals surface area contributed by atoms with Gasteiger partial charge in [-0.1, -0.05) is 24.1 Å². The van der Waals surface area contributed by atoms with Crippen molar-refractivity contribution >= 4 is 22.4 Å². The molecule has 0 radical (unpaired) electrons. The minimum Gasteiger partial charge on any atom is -0.474 e. The molecule has 1 aliphatic rings. The molecule has 1 fully saturated rings. The molecule has 280 valence electrons. The number of nitrogens with zero attached hydrogens (tertiary/aromatic N) is 7. The van der Waals surface area contributed by atoms with Gasteiger partial charge in [0.1, 0.15) is 23.0 Å². The van der Waals surface area contributed by atoms with Gasteiger partial charge < -0.3 is 20.7 Å². The van der Waals surface area contributed by atoms with Gasteiger partial charge in [-0.2, -0.15) is 10.5 Å². The number of pyridine rings is 2. The van der Waals surface area contributed by atoms with Crippen LogP contribution in [0.1, 0.15) is 39.6 Å². The molecule has 3 aromatic rings. The summed E-state index contributed by atoms with van der Waals surface area (Å²) >= 11 is 0. The van der Waals surface area contributed by atoms with Crippen molar-refractivity contribution in [1.29, 1.82) is 5.53 Å². The molecule has 0 aliphatic carbocycles. The first-order chi connectivity index (χ1) is 26.5. The van der Waals surface area contributed by atoms with Crippen LogP contribution in [0.2, 0.25) is 0 Å². The van der Waals surface area contributed by atoms with Gasteiger partial charge in [0, 0.05) is 68.6 Å². The number of terminal acetylenes is 1. The molecule has 12 nitrogen and oxygen atoms in total. The third-order valence-electron chi connectivity index (χ3n) is 6.33. The fourth-order valence-corrected chi connectivity index (χ4v) is 4.01. The highest BCUT2D eigenvalue weighted by molar-refractivity contribution is 5.91. The third-order valence-corrected chi connectivity index (χ3v) is 6.33. The van der Waals surface area contributed by atoms with Crippen LogP contribution >= 0.6 is 0 Å². The summed E-state index contributed by atoms with van der Waals surface area (Å²) < 4.78 is 6.07. The molecular formula is C42H50N10O2. The van der Waals surface area contributed by atoms with E-state index in [-0.39, 0.29) is 20.4 Å². The number of anilines is 2. The van der Waals surface area contributed by atoms with Crippen LogP contribution in [-0.4, -0.2) is 41.1 Å². The lowest BCUT2D eigenvalue weighted by atomic mass is 10.1. The van der Waals surface area contributed by atoms with Gasteiger partial charge in [0.05, 0.1) is 0 Å². The molecule has 1 saturated heterocycles. The number of fused-ring (bicyclic) bond motifs is 1. The molecule has 0 bridgehead atoms. The Morgan fingerprint density at radius 3 is 2.02 bits per heavy atom. The fourth-order valence-electron chi connectivity index (χ4n) is 4.01. The Kier molecular flexibility index (Phi) is 21.1. The topological polar surface area (TPSA) is 167 Å². The van der Waals surface area contributed by atoms with E-state index in [0.717, 1.165) is 48.1 Å². The quantitative estimate of drug-likeness (QED) is 0.0981. The number of nitroso groups, excluding NO2 is 1. The first-order valence-corrected chi connectivity index (χ1v) is 15.7. The second-order valence-electron chi connectivity index (χ2n) is 9.97. The standard InChI is InChI=1S/C21H25N5O.C21H4.HN5O.10H2/c1-26-11-8-17(9-12-26)27-20-4-2-3-19(25-20)24-14-15-5-6-18-16(13-15)7-10-23-21(18)22;1-3-5-7-9-11-13-15-17-19-21-20-18-16-14-12-10-8-6-4-2;1-2-3-4-5-6;;;;;;;;;;/h2-7,10,13,17H,8-9,11-12,14H2,1H3,(H2,22,23)(H,24,25);1H,2H3;1H;10*1H/b;;2-1?,4-3+;;;;;;;;;;. The maximum absolute atomic E-state index is 8.91. The summed E-state index contributed by atoms with van der Waals surface area (Å²) in [6.45, 7) is 4.53. The summed E-state index contributed by atoms with van der Waals surface area (Å²) in [5.74, 6) is 49.0. The lowest BCUT2D eigenvalue weighted by Gasteiger charge is -2.29. The van der Waals surface area contributed by atoms with Crippen molar-refractivity contribution in [3.8, 4) is 125 Å². The summed E-state index contributed by atoms with van der Waals surface area (Å²) in [7, 11) is 2.15. The highest BCUT2D eigenvalue weighted by atomic mass is 16.5. The molecule has 0 amide bonds. The number of nitrogens with one attached hydrogen (secondary N) is 2. The average Bonchev–Trinajstić information content (AvgIpc) is 3.19. The number of rotatable bonds is 7. The van der Waals surface area contributed by atoms with E-state index >= 15 is 0 Å². The van der Waals surface area contributed by atoms with E-state index in [4.69, 9.17) is 27.3 Å². The van der Waals surface area contributed by atoms with Gasteiger partial charge in [0.25, 0.3) is 0 Å². The van der Waals surface area contributed by atoms with Crippen LogP contribution in [0.15, 0.2) is 69.6 Å². The second kappa shape index (κ2) is 27.4. The van der Waals surface area contributed by atoms with Crippen molar-refractivity contribution in [2.24, 2.45) is 21.0 Å². The van der Waals surface area contributed by atoms with Crippen LogP contribution < -0.4 is 15.8 Å². The number of aromatic nitrogens is 2. The molecule has 0 unspecified atom stereocenters. The molecule has 12 heteroatoms. The van der Waals surface area contributed by atoms with E-state index in [2.05, 4.69) is 168 Å². The summed E-state index contributed by atoms with van der Waals surface area (Å²) in [5.41, 5.74) is 13.0. The molecule has 1 aromatic carbocycles. The summed E-state index contributed by atoms with van der Waals surface area (Å²) in [6.07, 6.45) is 8.98. The van der Waals surface area contributed by atoms with Gasteiger partial charge in [0.15, 0.2) is 0 Å². The van der Waals surface area contributed by atoms with E-state index < -0.39 is 0 Å². The molecule has 4 rings (SSSR count). The zero-order chi connectivity index (χ0) is 38.9. The molecular weight excluding hydrogens is 677 g/mol. The van der Waals surface area contributed by atoms with Crippen molar-refractivity contribution in [2.75, 3.05) is 31.2 Å². The maximum Gasteiger partial charge on any atom is 0.215 e. The van der Waals surface area contributed by atoms with E-state index in [9.17, 15) is 0 Å². The minimum atomic E-state index is 0. The zero-order valence-electron chi connectivity index (χ0n) is 29.3. The van der Waals surface area contributed by atoms with E-state index in [0.29, 0.717) is 18.2 Å². The Balaban J connectivity index is -0.000000107. The number of ether oxygens (including phenoxy) is 1. The predicted octanol–water partition coefficient (Wildman–Crippen LogP) is 7.49. The molecule has 0 atom stereocenters. The van der Waals surface area contributed by atoms with Crippen LogP contribution in [0.25, 0.3) is 10.8 Å². The van der Waals surface area contributed by atoms with E-state index in [1.54, 1.807) is 13.1 Å². The lowest BCUT2D eigenvalue weighted by Crippen LogP contribution is -2.35. The molecule has 0 spiro atoms. The molecule has 54 heavy (non-hydrogen) atoms. The van der Waals surface area contributed by atoms with Gasteiger partial charge in [-0.05, 0) is 161 Å².